The number of nitrogens with zero attached hydrogens (tertiary/aromatic N) is 4. The number of aromatic nitrogens is 3. The standard InChI is InChI=1S/C23H26N6O/c1-3-4-5-7-17(2)29-22-18(8-13-21(30)27-22)16-24-23(29)26-19-9-11-20(12-10-19)28-15-6-14-25-28/h3-4,6,8-15,17H,5,7,16H2,1-2H3,(H,24,26)(H,27,30). The van der Waals surface area contributed by atoms with Crippen LogP contribution in [0, 0.1) is 0 Å². The third-order valence-electron chi connectivity index (χ3n) is 5.17. The van der Waals surface area contributed by atoms with E-state index in [-0.39, 0.29) is 11.6 Å². The van der Waals surface area contributed by atoms with Crippen molar-refractivity contribution in [1.82, 2.24) is 14.8 Å². The Hall–Kier alpha value is -3.61. The highest BCUT2D eigenvalue weighted by atomic mass is 16.1. The first kappa shape index (κ1) is 19.7. The number of pyridine rings is 1. The van der Waals surface area contributed by atoms with Crippen molar-refractivity contribution >= 4 is 17.5 Å². The van der Waals surface area contributed by atoms with Gasteiger partial charge < -0.3 is 10.3 Å². The zero-order chi connectivity index (χ0) is 20.9. The van der Waals surface area contributed by atoms with E-state index < -0.39 is 0 Å². The van der Waals surface area contributed by atoms with Crippen molar-refractivity contribution in [3.63, 3.8) is 0 Å². The zero-order valence-electron chi connectivity index (χ0n) is 17.2. The Morgan fingerprint density at radius 3 is 2.80 bits per heavy atom. The molecular weight excluding hydrogens is 376 g/mol. The molecule has 7 heteroatoms. The smallest absolute Gasteiger partial charge is 0.249 e. The fraction of sp³-hybridized carbons (Fsp3) is 0.261. The second kappa shape index (κ2) is 8.82. The lowest BCUT2D eigenvalue weighted by Gasteiger charge is -2.35. The predicted molar refractivity (Wildman–Crippen MR) is 121 cm³/mol. The molecule has 1 aliphatic rings. The van der Waals surface area contributed by atoms with Crippen LogP contribution in [0.5, 0.6) is 0 Å². The molecule has 0 saturated heterocycles. The first-order chi connectivity index (χ1) is 14.7. The van der Waals surface area contributed by atoms with Crippen LogP contribution < -0.4 is 15.8 Å². The van der Waals surface area contributed by atoms with Gasteiger partial charge in [0.1, 0.15) is 5.82 Å². The maximum atomic E-state index is 12.0. The quantitative estimate of drug-likeness (QED) is 0.609. The van der Waals surface area contributed by atoms with Gasteiger partial charge in [-0.2, -0.15) is 5.10 Å². The molecule has 3 aromatic rings. The SMILES string of the molecule is CC=CCCC(C)N1C(Nc2ccc(-n3cccn3)cc2)=NCc2ccc(=O)[nH]c21. The van der Waals surface area contributed by atoms with E-state index in [2.05, 4.69) is 39.4 Å². The first-order valence-corrected chi connectivity index (χ1v) is 10.2. The number of aliphatic imine (C=N–C) groups is 1. The molecule has 0 saturated carbocycles. The Balaban J connectivity index is 1.60. The normalized spacial score (nSPS) is 14.5. The summed E-state index contributed by atoms with van der Waals surface area (Å²) in [6.07, 6.45) is 9.80. The number of allylic oxidation sites excluding steroid dienone is 2. The average Bonchev–Trinajstić information content (AvgIpc) is 3.29. The van der Waals surface area contributed by atoms with Crippen LogP contribution in [-0.2, 0) is 6.54 Å². The molecular formula is C23H26N6O. The molecule has 7 nitrogen and oxygen atoms in total. The van der Waals surface area contributed by atoms with E-state index in [0.29, 0.717) is 6.54 Å². The van der Waals surface area contributed by atoms with Gasteiger partial charge in [-0.15, -0.1) is 0 Å². The molecule has 2 aromatic heterocycles. The lowest BCUT2D eigenvalue weighted by molar-refractivity contribution is 0.649. The minimum absolute atomic E-state index is 0.107. The maximum Gasteiger partial charge on any atom is 0.249 e. The van der Waals surface area contributed by atoms with Crippen molar-refractivity contribution in [2.24, 2.45) is 4.99 Å². The molecule has 0 bridgehead atoms. The Labute approximate surface area is 175 Å². The van der Waals surface area contributed by atoms with Crippen LogP contribution in [0.25, 0.3) is 5.69 Å². The Morgan fingerprint density at radius 2 is 2.07 bits per heavy atom. The third-order valence-corrected chi connectivity index (χ3v) is 5.17. The van der Waals surface area contributed by atoms with Gasteiger partial charge in [0.25, 0.3) is 0 Å². The van der Waals surface area contributed by atoms with Gasteiger partial charge in [0.05, 0.1) is 12.2 Å². The molecule has 4 rings (SSSR count). The monoisotopic (exact) mass is 402 g/mol. The predicted octanol–water partition coefficient (Wildman–Crippen LogP) is 4.09. The summed E-state index contributed by atoms with van der Waals surface area (Å²) in [5.74, 6) is 1.56. The summed E-state index contributed by atoms with van der Waals surface area (Å²) in [6, 6.07) is 13.5. The molecule has 3 heterocycles. The van der Waals surface area contributed by atoms with Crippen LogP contribution in [0.1, 0.15) is 32.3 Å². The summed E-state index contributed by atoms with van der Waals surface area (Å²) in [5, 5.41) is 7.70. The maximum absolute atomic E-state index is 12.0. The Morgan fingerprint density at radius 1 is 1.23 bits per heavy atom. The number of benzene rings is 1. The van der Waals surface area contributed by atoms with E-state index in [0.717, 1.165) is 41.6 Å². The highest BCUT2D eigenvalue weighted by Gasteiger charge is 2.26. The average molecular weight is 403 g/mol. The molecule has 0 amide bonds. The first-order valence-electron chi connectivity index (χ1n) is 10.2. The molecule has 0 aliphatic carbocycles. The van der Waals surface area contributed by atoms with Gasteiger partial charge in [-0.3, -0.25) is 9.69 Å². The minimum Gasteiger partial charge on any atom is -0.326 e. The molecule has 1 atom stereocenters. The third kappa shape index (κ3) is 4.20. The van der Waals surface area contributed by atoms with Gasteiger partial charge in [-0.25, -0.2) is 9.67 Å². The second-order valence-corrected chi connectivity index (χ2v) is 7.32. The molecule has 1 aliphatic heterocycles. The van der Waals surface area contributed by atoms with Crippen molar-refractivity contribution in [3.05, 3.63) is 82.9 Å². The van der Waals surface area contributed by atoms with Gasteiger partial charge >= 0.3 is 0 Å². The van der Waals surface area contributed by atoms with Gasteiger partial charge in [-0.05, 0) is 63.1 Å². The van der Waals surface area contributed by atoms with Gasteiger partial charge in [0.15, 0.2) is 0 Å². The highest BCUT2D eigenvalue weighted by molar-refractivity contribution is 6.06. The van der Waals surface area contributed by atoms with Crippen molar-refractivity contribution < 1.29 is 0 Å². The largest absolute Gasteiger partial charge is 0.326 e. The summed E-state index contributed by atoms with van der Waals surface area (Å²) in [5.41, 5.74) is 2.83. The molecule has 2 N–H and O–H groups in total. The van der Waals surface area contributed by atoms with E-state index in [1.807, 2.05) is 54.2 Å². The second-order valence-electron chi connectivity index (χ2n) is 7.32. The van der Waals surface area contributed by atoms with E-state index in [4.69, 9.17) is 4.99 Å². The molecule has 30 heavy (non-hydrogen) atoms. The molecule has 0 spiro atoms. The van der Waals surface area contributed by atoms with Crippen LogP contribution >= 0.6 is 0 Å². The van der Waals surface area contributed by atoms with Crippen molar-refractivity contribution in [2.75, 3.05) is 10.2 Å². The molecule has 0 radical (unpaired) electrons. The number of H-pyrrole nitrogens is 1. The lowest BCUT2D eigenvalue weighted by Crippen LogP contribution is -2.46. The lowest BCUT2D eigenvalue weighted by atomic mass is 10.1. The van der Waals surface area contributed by atoms with Gasteiger partial charge in [-0.1, -0.05) is 12.2 Å². The minimum atomic E-state index is -0.107. The van der Waals surface area contributed by atoms with Crippen LogP contribution in [0.3, 0.4) is 0 Å². The highest BCUT2D eigenvalue weighted by Crippen LogP contribution is 2.27. The van der Waals surface area contributed by atoms with Crippen LogP contribution in [0.2, 0.25) is 0 Å². The van der Waals surface area contributed by atoms with Crippen molar-refractivity contribution in [3.8, 4) is 5.69 Å². The van der Waals surface area contributed by atoms with E-state index in [1.165, 1.54) is 0 Å². The Kier molecular flexibility index (Phi) is 5.79. The molecule has 1 unspecified atom stereocenters. The number of fused-ring (bicyclic) bond motifs is 1. The van der Waals surface area contributed by atoms with E-state index in [9.17, 15) is 4.79 Å². The number of hydrogen-bond acceptors (Lipinski definition) is 5. The van der Waals surface area contributed by atoms with Crippen molar-refractivity contribution in [2.45, 2.75) is 39.3 Å². The number of aromatic amines is 1. The topological polar surface area (TPSA) is 78.3 Å². The fourth-order valence-corrected chi connectivity index (χ4v) is 3.59. The summed E-state index contributed by atoms with van der Waals surface area (Å²) in [7, 11) is 0. The van der Waals surface area contributed by atoms with E-state index in [1.54, 1.807) is 12.3 Å². The van der Waals surface area contributed by atoms with Crippen LogP contribution in [0.4, 0.5) is 11.5 Å². The molecule has 1 aromatic carbocycles. The van der Waals surface area contributed by atoms with E-state index >= 15 is 0 Å². The van der Waals surface area contributed by atoms with Crippen LogP contribution in [0.15, 0.2) is 76.8 Å². The summed E-state index contributed by atoms with van der Waals surface area (Å²) in [6.45, 7) is 4.71. The Bertz CT molecular complexity index is 1100. The number of nitrogens with one attached hydrogen (secondary N) is 2. The van der Waals surface area contributed by atoms with Crippen LogP contribution in [-0.4, -0.2) is 26.8 Å². The molecule has 154 valence electrons. The zero-order valence-corrected chi connectivity index (χ0v) is 17.2. The summed E-state index contributed by atoms with van der Waals surface area (Å²) < 4.78 is 1.82. The van der Waals surface area contributed by atoms with Crippen molar-refractivity contribution in [1.29, 1.82) is 0 Å². The van der Waals surface area contributed by atoms with Gasteiger partial charge in [0, 0.05) is 35.8 Å². The summed E-state index contributed by atoms with van der Waals surface area (Å²) in [4.78, 5) is 21.9. The number of anilines is 2. The fourth-order valence-electron chi connectivity index (χ4n) is 3.59. The number of guanidine groups is 1. The molecule has 0 fully saturated rings. The summed E-state index contributed by atoms with van der Waals surface area (Å²) >= 11 is 0. The number of rotatable bonds is 6. The number of hydrogen-bond donors (Lipinski definition) is 2. The van der Waals surface area contributed by atoms with Gasteiger partial charge in [0.2, 0.25) is 11.5 Å².